The largest absolute Gasteiger partial charge is 0.497 e. The van der Waals surface area contributed by atoms with Crippen LogP contribution in [0.4, 0.5) is 10.1 Å². The zero-order valence-electron chi connectivity index (χ0n) is 21.2. The molecule has 4 nitrogen and oxygen atoms in total. The van der Waals surface area contributed by atoms with Crippen molar-refractivity contribution in [3.05, 3.63) is 106 Å². The number of Topliss-reactive ketones (excluding diaryl/α,β-unsaturated/α-hetero) is 1. The van der Waals surface area contributed by atoms with E-state index in [0.29, 0.717) is 29.8 Å². The summed E-state index contributed by atoms with van der Waals surface area (Å²) >= 11 is 0. The van der Waals surface area contributed by atoms with E-state index < -0.39 is 5.92 Å². The van der Waals surface area contributed by atoms with Crippen LogP contribution in [0.5, 0.6) is 5.75 Å². The van der Waals surface area contributed by atoms with Crippen LogP contribution in [-0.2, 0) is 22.4 Å². The topological polar surface area (TPSA) is 46.6 Å². The normalized spacial score (nSPS) is 18.1. The van der Waals surface area contributed by atoms with Crippen molar-refractivity contribution in [2.75, 3.05) is 19.1 Å². The van der Waals surface area contributed by atoms with E-state index in [4.69, 9.17) is 4.74 Å². The average Bonchev–Trinajstić information content (AvgIpc) is 3.24. The Morgan fingerprint density at radius 2 is 1.78 bits per heavy atom. The number of allylic oxidation sites excluding steroid dienone is 3. The van der Waals surface area contributed by atoms with Crippen LogP contribution in [0.15, 0.2) is 78.4 Å². The van der Waals surface area contributed by atoms with Gasteiger partial charge in [0, 0.05) is 31.5 Å². The Morgan fingerprint density at radius 1 is 1.00 bits per heavy atom. The van der Waals surface area contributed by atoms with Gasteiger partial charge in [0.1, 0.15) is 17.3 Å². The number of ether oxygens (including phenoxy) is 1. The second-order valence-electron chi connectivity index (χ2n) is 9.83. The Kier molecular flexibility index (Phi) is 7.04. The quantitative estimate of drug-likeness (QED) is 0.421. The Bertz CT molecular complexity index is 1400. The Hall–Kier alpha value is -3.99. The minimum Gasteiger partial charge on any atom is -0.497 e. The van der Waals surface area contributed by atoms with Gasteiger partial charge in [-0.25, -0.2) is 4.39 Å². The number of ketones is 1. The molecule has 0 aliphatic heterocycles. The number of carbonyl (C=O) groups excluding carboxylic acids is 2. The van der Waals surface area contributed by atoms with Crippen LogP contribution in [0.25, 0.3) is 11.6 Å². The Balaban J connectivity index is 1.50. The van der Waals surface area contributed by atoms with E-state index in [-0.39, 0.29) is 30.3 Å². The highest BCUT2D eigenvalue weighted by Crippen LogP contribution is 2.38. The van der Waals surface area contributed by atoms with Crippen molar-refractivity contribution in [2.24, 2.45) is 5.92 Å². The minimum atomic E-state index is -0.611. The third kappa shape index (κ3) is 5.41. The number of fused-ring (bicyclic) bond motifs is 4. The molecule has 0 saturated carbocycles. The van der Waals surface area contributed by atoms with Crippen molar-refractivity contribution < 1.29 is 18.7 Å². The van der Waals surface area contributed by atoms with Crippen molar-refractivity contribution in [2.45, 2.75) is 32.1 Å². The number of halogens is 1. The molecule has 3 aromatic carbocycles. The minimum absolute atomic E-state index is 0.0190. The third-order valence-corrected chi connectivity index (χ3v) is 7.30. The van der Waals surface area contributed by atoms with Crippen molar-refractivity contribution >= 4 is 29.0 Å². The molecule has 0 aromatic heterocycles. The van der Waals surface area contributed by atoms with Crippen molar-refractivity contribution in [1.29, 1.82) is 0 Å². The maximum atomic E-state index is 14.5. The molecular formula is C32H30FNO3. The first-order valence-corrected chi connectivity index (χ1v) is 12.6. The lowest BCUT2D eigenvalue weighted by Gasteiger charge is -2.24. The monoisotopic (exact) mass is 495 g/mol. The Labute approximate surface area is 217 Å². The summed E-state index contributed by atoms with van der Waals surface area (Å²) in [5.41, 5.74) is 6.79. The van der Waals surface area contributed by atoms with Gasteiger partial charge in [0.2, 0.25) is 5.91 Å². The fourth-order valence-corrected chi connectivity index (χ4v) is 5.42. The summed E-state index contributed by atoms with van der Waals surface area (Å²) in [6.45, 7) is 0. The lowest BCUT2D eigenvalue weighted by atomic mass is 9.89. The summed E-state index contributed by atoms with van der Waals surface area (Å²) in [7, 11) is 3.30. The number of methoxy groups -OCH3 is 1. The average molecular weight is 496 g/mol. The second kappa shape index (κ2) is 10.6. The molecule has 3 aromatic rings. The number of anilines is 1. The molecule has 0 spiro atoms. The highest BCUT2D eigenvalue weighted by Gasteiger charge is 2.29. The molecule has 0 unspecified atom stereocenters. The van der Waals surface area contributed by atoms with Gasteiger partial charge in [-0.2, -0.15) is 0 Å². The summed E-state index contributed by atoms with van der Waals surface area (Å²) in [5, 5.41) is 0. The molecule has 0 heterocycles. The Morgan fingerprint density at radius 3 is 2.57 bits per heavy atom. The first-order chi connectivity index (χ1) is 17.9. The van der Waals surface area contributed by atoms with Crippen molar-refractivity contribution in [3.8, 4) is 5.75 Å². The van der Waals surface area contributed by atoms with Crippen LogP contribution in [0.1, 0.15) is 41.5 Å². The number of amides is 1. The van der Waals surface area contributed by atoms with E-state index in [9.17, 15) is 14.0 Å². The molecule has 2 bridgehead atoms. The van der Waals surface area contributed by atoms with Crippen LogP contribution in [0.3, 0.4) is 0 Å². The van der Waals surface area contributed by atoms with Crippen LogP contribution in [0, 0.1) is 11.7 Å². The molecule has 1 atom stereocenters. The van der Waals surface area contributed by atoms with E-state index in [2.05, 4.69) is 12.1 Å². The molecule has 2 aliphatic rings. The fourth-order valence-electron chi connectivity index (χ4n) is 5.42. The maximum absolute atomic E-state index is 14.5. The summed E-state index contributed by atoms with van der Waals surface area (Å²) in [6, 6.07) is 20.3. The van der Waals surface area contributed by atoms with Gasteiger partial charge in [-0.1, -0.05) is 48.1 Å². The second-order valence-corrected chi connectivity index (χ2v) is 9.83. The molecular weight excluding hydrogens is 465 g/mol. The lowest BCUT2D eigenvalue weighted by molar-refractivity contribution is -0.127. The summed E-state index contributed by atoms with van der Waals surface area (Å²) in [5.74, 6) is -0.412. The van der Waals surface area contributed by atoms with Gasteiger partial charge in [0.25, 0.3) is 0 Å². The van der Waals surface area contributed by atoms with Crippen LogP contribution < -0.4 is 9.64 Å². The van der Waals surface area contributed by atoms with Crippen LogP contribution in [-0.4, -0.2) is 25.8 Å². The van der Waals surface area contributed by atoms with E-state index >= 15 is 0 Å². The summed E-state index contributed by atoms with van der Waals surface area (Å²) in [6.07, 6.45) is 6.15. The molecule has 2 aliphatic carbocycles. The van der Waals surface area contributed by atoms with Crippen LogP contribution in [0.2, 0.25) is 0 Å². The molecule has 5 rings (SSSR count). The SMILES string of the molecule is COc1ccc(N(C)C(=O)[C@H]2CC(=O)CC3=C(C/C=C\c4cc(F)cc(c4)C2)Cc2ccccc23)cc1. The standard InChI is InChI=1S/C32H30FNO3/c1-34(27-10-12-29(37-2)13-11-27)32(36)25-15-22-14-21(16-26(33)17-22)6-5-8-24-18-23-7-3-4-9-30(23)31(24)20-28(35)19-25/h3-7,9-14,16-17,25H,8,15,18-20H2,1-2H3/b6-5-/t25-/m1/s1. The summed E-state index contributed by atoms with van der Waals surface area (Å²) < 4.78 is 19.8. The van der Waals surface area contributed by atoms with Crippen molar-refractivity contribution in [3.63, 3.8) is 0 Å². The van der Waals surface area contributed by atoms with Crippen LogP contribution >= 0.6 is 0 Å². The molecule has 5 heteroatoms. The third-order valence-electron chi connectivity index (χ3n) is 7.30. The van der Waals surface area contributed by atoms with Gasteiger partial charge in [-0.05, 0) is 83.5 Å². The predicted molar refractivity (Wildman–Crippen MR) is 145 cm³/mol. The number of nitrogens with zero attached hydrogens (tertiary/aromatic N) is 1. The molecule has 0 fully saturated rings. The molecule has 0 radical (unpaired) electrons. The van der Waals surface area contributed by atoms with E-state index in [1.54, 1.807) is 31.2 Å². The van der Waals surface area contributed by atoms with Gasteiger partial charge in [-0.15, -0.1) is 0 Å². The van der Waals surface area contributed by atoms with Gasteiger partial charge < -0.3 is 9.64 Å². The first kappa shape index (κ1) is 24.7. The summed E-state index contributed by atoms with van der Waals surface area (Å²) in [4.78, 5) is 28.8. The maximum Gasteiger partial charge on any atom is 0.230 e. The zero-order chi connectivity index (χ0) is 25.9. The molecule has 1 amide bonds. The number of hydrogen-bond acceptors (Lipinski definition) is 3. The smallest absolute Gasteiger partial charge is 0.230 e. The van der Waals surface area contributed by atoms with E-state index in [1.165, 1.54) is 23.3 Å². The predicted octanol–water partition coefficient (Wildman–Crippen LogP) is 6.43. The van der Waals surface area contributed by atoms with Gasteiger partial charge in [0.15, 0.2) is 0 Å². The van der Waals surface area contributed by atoms with E-state index in [1.807, 2.05) is 42.5 Å². The van der Waals surface area contributed by atoms with Gasteiger partial charge in [0.05, 0.1) is 7.11 Å². The number of carbonyl (C=O) groups is 2. The zero-order valence-corrected chi connectivity index (χ0v) is 21.2. The highest BCUT2D eigenvalue weighted by molar-refractivity contribution is 5.99. The molecule has 0 saturated heterocycles. The first-order valence-electron chi connectivity index (χ1n) is 12.6. The fraction of sp³-hybridized carbons (Fsp3) is 0.250. The number of hydrogen-bond donors (Lipinski definition) is 0. The number of benzene rings is 3. The van der Waals surface area contributed by atoms with Crippen molar-refractivity contribution in [1.82, 2.24) is 0 Å². The molecule has 37 heavy (non-hydrogen) atoms. The number of rotatable bonds is 3. The van der Waals surface area contributed by atoms with Gasteiger partial charge >= 0.3 is 0 Å². The molecule has 188 valence electrons. The highest BCUT2D eigenvalue weighted by atomic mass is 19.1. The van der Waals surface area contributed by atoms with E-state index in [0.717, 1.165) is 23.1 Å². The van der Waals surface area contributed by atoms with Gasteiger partial charge in [-0.3, -0.25) is 9.59 Å². The lowest BCUT2D eigenvalue weighted by Crippen LogP contribution is -2.35. The molecule has 0 N–H and O–H groups in total.